The highest BCUT2D eigenvalue weighted by molar-refractivity contribution is 7.99. The molecule has 1 N–H and O–H groups in total. The van der Waals surface area contributed by atoms with Crippen LogP contribution >= 0.6 is 11.8 Å². The van der Waals surface area contributed by atoms with Gasteiger partial charge in [-0.25, -0.2) is 4.98 Å². The van der Waals surface area contributed by atoms with E-state index in [1.807, 2.05) is 31.2 Å². The van der Waals surface area contributed by atoms with Crippen molar-refractivity contribution in [2.24, 2.45) is 5.92 Å². The zero-order chi connectivity index (χ0) is 21.0. The van der Waals surface area contributed by atoms with Crippen LogP contribution in [-0.2, 0) is 4.79 Å². The predicted molar refractivity (Wildman–Crippen MR) is 117 cm³/mol. The van der Waals surface area contributed by atoms with Gasteiger partial charge >= 0.3 is 0 Å². The Balaban J connectivity index is 1.98. The van der Waals surface area contributed by atoms with Crippen molar-refractivity contribution in [3.05, 3.63) is 58.9 Å². The Bertz CT molecular complexity index is 1060. The minimum atomic E-state index is -0.167. The molecule has 0 fully saturated rings. The number of rotatable bonds is 7. The van der Waals surface area contributed by atoms with Crippen molar-refractivity contribution in [2.75, 3.05) is 12.9 Å². The molecule has 1 amide bonds. The SMILES string of the molecule is COc1ccc(-n2c(SCC(=O)N[C@@H](C)C(C)C)nc3ccccc3c2=O)cc1. The fourth-order valence-electron chi connectivity index (χ4n) is 2.76. The van der Waals surface area contributed by atoms with E-state index in [2.05, 4.69) is 24.1 Å². The summed E-state index contributed by atoms with van der Waals surface area (Å²) in [5.74, 6) is 1.14. The maximum absolute atomic E-state index is 13.2. The van der Waals surface area contributed by atoms with Crippen molar-refractivity contribution in [1.29, 1.82) is 0 Å². The Labute approximate surface area is 174 Å². The molecule has 3 rings (SSSR count). The molecule has 1 atom stereocenters. The van der Waals surface area contributed by atoms with Crippen LogP contribution in [0.5, 0.6) is 5.75 Å². The fraction of sp³-hybridized carbons (Fsp3) is 0.318. The third-order valence-electron chi connectivity index (χ3n) is 4.80. The van der Waals surface area contributed by atoms with Gasteiger partial charge in [0.15, 0.2) is 5.16 Å². The van der Waals surface area contributed by atoms with Crippen LogP contribution in [0.3, 0.4) is 0 Å². The summed E-state index contributed by atoms with van der Waals surface area (Å²) in [6, 6.07) is 14.5. The lowest BCUT2D eigenvalue weighted by molar-refractivity contribution is -0.119. The molecule has 0 aliphatic rings. The Morgan fingerprint density at radius 2 is 1.83 bits per heavy atom. The van der Waals surface area contributed by atoms with Gasteiger partial charge in [0.25, 0.3) is 5.56 Å². The zero-order valence-electron chi connectivity index (χ0n) is 17.0. The lowest BCUT2D eigenvalue weighted by atomic mass is 10.1. The van der Waals surface area contributed by atoms with Gasteiger partial charge in [-0.1, -0.05) is 37.7 Å². The molecule has 2 aromatic carbocycles. The minimum absolute atomic E-state index is 0.0800. The first-order chi connectivity index (χ1) is 13.9. The Kier molecular flexibility index (Phi) is 6.59. The summed E-state index contributed by atoms with van der Waals surface area (Å²) in [6.45, 7) is 6.10. The first-order valence-electron chi connectivity index (χ1n) is 9.49. The number of aromatic nitrogens is 2. The van der Waals surface area contributed by atoms with Crippen molar-refractivity contribution >= 4 is 28.6 Å². The molecule has 1 aromatic heterocycles. The first kappa shape index (κ1) is 20.9. The van der Waals surface area contributed by atoms with E-state index in [-0.39, 0.29) is 23.3 Å². The molecule has 29 heavy (non-hydrogen) atoms. The van der Waals surface area contributed by atoms with Gasteiger partial charge in [-0.2, -0.15) is 0 Å². The molecule has 152 valence electrons. The average molecular weight is 412 g/mol. The highest BCUT2D eigenvalue weighted by Gasteiger charge is 2.16. The summed E-state index contributed by atoms with van der Waals surface area (Å²) in [5, 5.41) is 4.00. The number of para-hydroxylation sites is 1. The summed E-state index contributed by atoms with van der Waals surface area (Å²) in [7, 11) is 1.59. The van der Waals surface area contributed by atoms with Gasteiger partial charge in [0.2, 0.25) is 5.91 Å². The number of thioether (sulfide) groups is 1. The molecule has 0 saturated carbocycles. The highest BCUT2D eigenvalue weighted by Crippen LogP contribution is 2.22. The summed E-state index contributed by atoms with van der Waals surface area (Å²) in [5.41, 5.74) is 1.12. The summed E-state index contributed by atoms with van der Waals surface area (Å²) in [4.78, 5) is 30.2. The van der Waals surface area contributed by atoms with Crippen LogP contribution in [0.15, 0.2) is 58.5 Å². The Morgan fingerprint density at radius 1 is 1.14 bits per heavy atom. The first-order valence-corrected chi connectivity index (χ1v) is 10.5. The minimum Gasteiger partial charge on any atom is -0.497 e. The number of methoxy groups -OCH3 is 1. The van der Waals surface area contributed by atoms with E-state index in [1.165, 1.54) is 11.8 Å². The molecule has 6 nitrogen and oxygen atoms in total. The number of nitrogens with one attached hydrogen (secondary N) is 1. The number of ether oxygens (including phenoxy) is 1. The number of carbonyl (C=O) groups is 1. The highest BCUT2D eigenvalue weighted by atomic mass is 32.2. The van der Waals surface area contributed by atoms with Crippen LogP contribution in [0, 0.1) is 5.92 Å². The van der Waals surface area contributed by atoms with Crippen LogP contribution in [0.1, 0.15) is 20.8 Å². The molecule has 0 unspecified atom stereocenters. The van der Waals surface area contributed by atoms with Gasteiger partial charge in [0, 0.05) is 6.04 Å². The van der Waals surface area contributed by atoms with E-state index < -0.39 is 0 Å². The van der Waals surface area contributed by atoms with E-state index in [4.69, 9.17) is 4.74 Å². The molecule has 1 heterocycles. The standard InChI is InChI=1S/C22H25N3O3S/c1-14(2)15(3)23-20(26)13-29-22-24-19-8-6-5-7-18(19)21(27)25(22)16-9-11-17(28-4)12-10-16/h5-12,14-15H,13H2,1-4H3,(H,23,26)/t15-/m0/s1. The van der Waals surface area contributed by atoms with Crippen molar-refractivity contribution in [3.63, 3.8) is 0 Å². The van der Waals surface area contributed by atoms with Crippen LogP contribution in [-0.4, -0.2) is 34.4 Å². The number of fused-ring (bicyclic) bond motifs is 1. The fourth-order valence-corrected chi connectivity index (χ4v) is 3.58. The molecule has 7 heteroatoms. The number of carbonyl (C=O) groups excluding carboxylic acids is 1. The van der Waals surface area contributed by atoms with Crippen LogP contribution in [0.25, 0.3) is 16.6 Å². The van der Waals surface area contributed by atoms with E-state index in [9.17, 15) is 9.59 Å². The van der Waals surface area contributed by atoms with Crippen LogP contribution in [0.2, 0.25) is 0 Å². The van der Waals surface area contributed by atoms with Crippen LogP contribution < -0.4 is 15.6 Å². The molecule has 0 bridgehead atoms. The smallest absolute Gasteiger partial charge is 0.266 e. The second-order valence-electron chi connectivity index (χ2n) is 7.14. The molecule has 3 aromatic rings. The normalized spacial score (nSPS) is 12.2. The maximum atomic E-state index is 13.2. The van der Waals surface area contributed by atoms with Gasteiger partial charge in [0.1, 0.15) is 5.75 Å². The van der Waals surface area contributed by atoms with Gasteiger partial charge in [-0.15, -0.1) is 0 Å². The number of nitrogens with zero attached hydrogens (tertiary/aromatic N) is 2. The third kappa shape index (κ3) is 4.79. The van der Waals surface area contributed by atoms with Crippen molar-refractivity contribution in [2.45, 2.75) is 32.0 Å². The van der Waals surface area contributed by atoms with E-state index in [0.29, 0.717) is 33.4 Å². The lowest BCUT2D eigenvalue weighted by Crippen LogP contribution is -2.37. The van der Waals surface area contributed by atoms with Gasteiger partial charge in [0.05, 0.1) is 29.5 Å². The number of hydrogen-bond acceptors (Lipinski definition) is 5. The van der Waals surface area contributed by atoms with Crippen molar-refractivity contribution in [3.8, 4) is 11.4 Å². The third-order valence-corrected chi connectivity index (χ3v) is 5.74. The van der Waals surface area contributed by atoms with E-state index in [0.717, 1.165) is 0 Å². The van der Waals surface area contributed by atoms with Crippen molar-refractivity contribution in [1.82, 2.24) is 14.9 Å². The van der Waals surface area contributed by atoms with Gasteiger partial charge in [-0.3, -0.25) is 14.2 Å². The zero-order valence-corrected chi connectivity index (χ0v) is 17.8. The summed E-state index contributed by atoms with van der Waals surface area (Å²) >= 11 is 1.25. The molecular formula is C22H25N3O3S. The molecule has 0 spiro atoms. The topological polar surface area (TPSA) is 73.2 Å². The quantitative estimate of drug-likeness (QED) is 0.475. The largest absolute Gasteiger partial charge is 0.497 e. The van der Waals surface area contributed by atoms with Gasteiger partial charge in [-0.05, 0) is 49.2 Å². The number of hydrogen-bond donors (Lipinski definition) is 1. The lowest BCUT2D eigenvalue weighted by Gasteiger charge is -2.18. The molecule has 0 aliphatic heterocycles. The molecule has 0 saturated heterocycles. The monoisotopic (exact) mass is 411 g/mol. The number of amides is 1. The van der Waals surface area contributed by atoms with Crippen molar-refractivity contribution < 1.29 is 9.53 Å². The average Bonchev–Trinajstić information content (AvgIpc) is 2.72. The Hall–Kier alpha value is -2.80. The second kappa shape index (κ2) is 9.13. The molecule has 0 radical (unpaired) electrons. The molecular weight excluding hydrogens is 386 g/mol. The Morgan fingerprint density at radius 3 is 2.48 bits per heavy atom. The molecule has 0 aliphatic carbocycles. The maximum Gasteiger partial charge on any atom is 0.266 e. The van der Waals surface area contributed by atoms with E-state index >= 15 is 0 Å². The second-order valence-corrected chi connectivity index (χ2v) is 8.08. The van der Waals surface area contributed by atoms with Gasteiger partial charge < -0.3 is 10.1 Å². The number of benzene rings is 2. The summed E-state index contributed by atoms with van der Waals surface area (Å²) in [6.07, 6.45) is 0. The summed E-state index contributed by atoms with van der Waals surface area (Å²) < 4.78 is 6.76. The predicted octanol–water partition coefficient (Wildman–Crippen LogP) is 3.65. The van der Waals surface area contributed by atoms with Crippen LogP contribution in [0.4, 0.5) is 0 Å². The van der Waals surface area contributed by atoms with E-state index in [1.54, 1.807) is 35.9 Å².